The fourth-order valence-electron chi connectivity index (χ4n) is 3.17. The van der Waals surface area contributed by atoms with Crippen LogP contribution in [0, 0.1) is 0 Å². The van der Waals surface area contributed by atoms with Crippen LogP contribution >= 0.6 is 11.6 Å². The molecule has 4 heteroatoms. The summed E-state index contributed by atoms with van der Waals surface area (Å²) in [6.45, 7) is 2.13. The van der Waals surface area contributed by atoms with Crippen molar-refractivity contribution in [3.8, 4) is 17.1 Å². The Morgan fingerprint density at radius 1 is 0.964 bits per heavy atom. The van der Waals surface area contributed by atoms with E-state index in [1.807, 2.05) is 66.7 Å². The van der Waals surface area contributed by atoms with Crippen molar-refractivity contribution in [1.29, 1.82) is 0 Å². The van der Waals surface area contributed by atoms with Crippen molar-refractivity contribution in [3.05, 3.63) is 88.7 Å². The maximum Gasteiger partial charge on any atom is 0.137 e. The monoisotopic (exact) mass is 389 g/mol. The zero-order valence-corrected chi connectivity index (χ0v) is 16.5. The van der Waals surface area contributed by atoms with Crippen LogP contribution in [0.15, 0.2) is 82.2 Å². The smallest absolute Gasteiger partial charge is 0.137 e. The number of benzene rings is 3. The van der Waals surface area contributed by atoms with E-state index in [4.69, 9.17) is 25.7 Å². The van der Waals surface area contributed by atoms with E-state index in [2.05, 4.69) is 13.0 Å². The molecular formula is C24H20ClNO2. The molecule has 0 saturated carbocycles. The summed E-state index contributed by atoms with van der Waals surface area (Å²) in [5, 5.41) is 2.44. The summed E-state index contributed by atoms with van der Waals surface area (Å²) >= 11 is 6.04. The summed E-state index contributed by atoms with van der Waals surface area (Å²) in [5.41, 5.74) is 3.86. The largest absolute Gasteiger partial charge is 0.497 e. The summed E-state index contributed by atoms with van der Waals surface area (Å²) < 4.78 is 11.6. The molecule has 3 aromatic carbocycles. The van der Waals surface area contributed by atoms with Gasteiger partial charge in [0.05, 0.1) is 18.2 Å². The highest BCUT2D eigenvalue weighted by molar-refractivity contribution is 6.30. The highest BCUT2D eigenvalue weighted by atomic mass is 35.5. The van der Waals surface area contributed by atoms with E-state index in [1.54, 1.807) is 7.11 Å². The number of hydrogen-bond donors (Lipinski definition) is 0. The molecule has 4 rings (SSSR count). The van der Waals surface area contributed by atoms with Crippen molar-refractivity contribution in [3.63, 3.8) is 0 Å². The van der Waals surface area contributed by atoms with Crippen LogP contribution in [0.3, 0.4) is 0 Å². The second-order valence-electron chi connectivity index (χ2n) is 6.46. The van der Waals surface area contributed by atoms with E-state index in [1.165, 1.54) is 5.56 Å². The molecule has 0 spiro atoms. The maximum atomic E-state index is 6.16. The summed E-state index contributed by atoms with van der Waals surface area (Å²) in [4.78, 5) is 4.98. The second-order valence-corrected chi connectivity index (χ2v) is 6.90. The first kappa shape index (κ1) is 18.3. The van der Waals surface area contributed by atoms with Crippen molar-refractivity contribution in [1.82, 2.24) is 0 Å². The molecular weight excluding hydrogens is 370 g/mol. The van der Waals surface area contributed by atoms with Gasteiger partial charge in [0.15, 0.2) is 0 Å². The van der Waals surface area contributed by atoms with Gasteiger partial charge >= 0.3 is 0 Å². The maximum absolute atomic E-state index is 6.16. The third kappa shape index (κ3) is 3.67. The number of aryl methyl sites for hydroxylation is 1. The van der Waals surface area contributed by atoms with E-state index >= 15 is 0 Å². The molecule has 0 aliphatic heterocycles. The molecule has 1 aromatic heterocycles. The van der Waals surface area contributed by atoms with Crippen molar-refractivity contribution >= 4 is 28.3 Å². The summed E-state index contributed by atoms with van der Waals surface area (Å²) in [7, 11) is 1.66. The Morgan fingerprint density at radius 2 is 1.75 bits per heavy atom. The zero-order valence-electron chi connectivity index (χ0n) is 15.8. The quantitative estimate of drug-likeness (QED) is 0.396. The summed E-state index contributed by atoms with van der Waals surface area (Å²) in [6.07, 6.45) is 0.919. The molecule has 4 aromatic rings. The van der Waals surface area contributed by atoms with Crippen molar-refractivity contribution in [2.75, 3.05) is 7.11 Å². The van der Waals surface area contributed by atoms with Gasteiger partial charge in [-0.25, -0.2) is 4.99 Å². The average molecular weight is 390 g/mol. The number of rotatable bonds is 4. The van der Waals surface area contributed by atoms with Crippen LogP contribution in [0.2, 0.25) is 5.02 Å². The van der Waals surface area contributed by atoms with Gasteiger partial charge in [-0.1, -0.05) is 36.7 Å². The van der Waals surface area contributed by atoms with Gasteiger partial charge in [-0.15, -0.1) is 0 Å². The molecule has 0 radical (unpaired) electrons. The van der Waals surface area contributed by atoms with Gasteiger partial charge in [0.25, 0.3) is 0 Å². The van der Waals surface area contributed by atoms with Gasteiger partial charge in [-0.2, -0.15) is 0 Å². The highest BCUT2D eigenvalue weighted by Gasteiger charge is 2.08. The fraction of sp³-hybridized carbons (Fsp3) is 0.125. The van der Waals surface area contributed by atoms with Gasteiger partial charge < -0.3 is 9.15 Å². The van der Waals surface area contributed by atoms with E-state index in [9.17, 15) is 0 Å². The zero-order chi connectivity index (χ0) is 19.5. The molecule has 140 valence electrons. The molecule has 0 atom stereocenters. The van der Waals surface area contributed by atoms with Crippen LogP contribution in [0.4, 0.5) is 5.69 Å². The van der Waals surface area contributed by atoms with Crippen molar-refractivity contribution in [2.24, 2.45) is 4.99 Å². The number of methoxy groups -OCH3 is 1. The van der Waals surface area contributed by atoms with E-state index in [-0.39, 0.29) is 0 Å². The minimum Gasteiger partial charge on any atom is -0.497 e. The standard InChI is InChI=1S/C24H20ClNO2/c1-3-16-6-4-5-7-21(16)26-22-15-24(17-8-10-18(25)11-9-17)28-23-13-12-19(27-2)14-20(22)23/h4-15H,3H2,1-2H3. The summed E-state index contributed by atoms with van der Waals surface area (Å²) in [6, 6.07) is 23.5. The third-order valence-corrected chi connectivity index (χ3v) is 4.94. The first-order valence-corrected chi connectivity index (χ1v) is 9.56. The third-order valence-electron chi connectivity index (χ3n) is 4.69. The Balaban J connectivity index is 2.01. The first-order chi connectivity index (χ1) is 13.7. The van der Waals surface area contributed by atoms with Gasteiger partial charge in [0.2, 0.25) is 0 Å². The van der Waals surface area contributed by atoms with E-state index in [0.29, 0.717) is 5.02 Å². The highest BCUT2D eigenvalue weighted by Crippen LogP contribution is 2.27. The average Bonchev–Trinajstić information content (AvgIpc) is 2.74. The Labute approximate surface area is 168 Å². The molecule has 0 aliphatic rings. The first-order valence-electron chi connectivity index (χ1n) is 9.18. The number of hydrogen-bond acceptors (Lipinski definition) is 3. The lowest BCUT2D eigenvalue weighted by atomic mass is 10.1. The van der Waals surface area contributed by atoms with Crippen LogP contribution in [0.5, 0.6) is 5.75 Å². The molecule has 28 heavy (non-hydrogen) atoms. The van der Waals surface area contributed by atoms with E-state index < -0.39 is 0 Å². The molecule has 0 fully saturated rings. The molecule has 1 heterocycles. The van der Waals surface area contributed by atoms with Crippen LogP contribution in [0.25, 0.3) is 22.3 Å². The van der Waals surface area contributed by atoms with E-state index in [0.717, 1.165) is 45.5 Å². The normalized spacial score (nSPS) is 11.8. The summed E-state index contributed by atoms with van der Waals surface area (Å²) in [5.74, 6) is 1.50. The van der Waals surface area contributed by atoms with Crippen LogP contribution in [-0.2, 0) is 6.42 Å². The van der Waals surface area contributed by atoms with Crippen molar-refractivity contribution < 1.29 is 9.15 Å². The topological polar surface area (TPSA) is 34.7 Å². The van der Waals surface area contributed by atoms with Crippen LogP contribution in [0.1, 0.15) is 12.5 Å². The Morgan fingerprint density at radius 3 is 2.50 bits per heavy atom. The van der Waals surface area contributed by atoms with Gasteiger partial charge in [-0.05, 0) is 60.5 Å². The minimum absolute atomic E-state index is 0.691. The molecule has 0 bridgehead atoms. The lowest BCUT2D eigenvalue weighted by molar-refractivity contribution is 0.415. The minimum atomic E-state index is 0.691. The predicted molar refractivity (Wildman–Crippen MR) is 114 cm³/mol. The van der Waals surface area contributed by atoms with Crippen molar-refractivity contribution in [2.45, 2.75) is 13.3 Å². The number of ether oxygens (including phenoxy) is 1. The number of fused-ring (bicyclic) bond motifs is 1. The molecule has 0 amide bonds. The number of halogens is 1. The number of nitrogens with zero attached hydrogens (tertiary/aromatic N) is 1. The fourth-order valence-corrected chi connectivity index (χ4v) is 3.30. The van der Waals surface area contributed by atoms with Crippen LogP contribution < -0.4 is 10.1 Å². The molecule has 0 saturated heterocycles. The molecule has 0 N–H and O–H groups in total. The van der Waals surface area contributed by atoms with Crippen LogP contribution in [-0.4, -0.2) is 7.11 Å². The second kappa shape index (κ2) is 7.91. The lowest BCUT2D eigenvalue weighted by Gasteiger charge is -2.08. The molecule has 0 aliphatic carbocycles. The Hall–Kier alpha value is -3.04. The predicted octanol–water partition coefficient (Wildman–Crippen LogP) is 6.56. The Bertz CT molecular complexity index is 1190. The SMILES string of the molecule is CCc1ccccc1N=c1cc(-c2ccc(Cl)cc2)oc2ccc(OC)cc12. The van der Waals surface area contributed by atoms with Gasteiger partial charge in [-0.3, -0.25) is 0 Å². The molecule has 3 nitrogen and oxygen atoms in total. The number of para-hydroxylation sites is 1. The molecule has 0 unspecified atom stereocenters. The van der Waals surface area contributed by atoms with Gasteiger partial charge in [0.1, 0.15) is 17.1 Å². The van der Waals surface area contributed by atoms with Gasteiger partial charge in [0, 0.05) is 22.0 Å². The lowest BCUT2D eigenvalue weighted by Crippen LogP contribution is -2.04. The Kier molecular flexibility index (Phi) is 5.18.